The number of carbonyl (C=O) groups excluding carboxylic acids is 2. The Bertz CT molecular complexity index is 389. The summed E-state index contributed by atoms with van der Waals surface area (Å²) in [5, 5.41) is 30.7. The highest BCUT2D eigenvalue weighted by Crippen LogP contribution is 2.28. The van der Waals surface area contributed by atoms with Crippen molar-refractivity contribution in [2.45, 2.75) is 44.0 Å². The highest BCUT2D eigenvalue weighted by molar-refractivity contribution is 5.73. The molecule has 0 aromatic heterocycles. The molecule has 1 aliphatic heterocycles. The lowest BCUT2D eigenvalue weighted by Gasteiger charge is -2.37. The fourth-order valence-corrected chi connectivity index (χ4v) is 3.26. The molecule has 2 fully saturated rings. The summed E-state index contributed by atoms with van der Waals surface area (Å²) in [6.07, 6.45) is -1.83. The van der Waals surface area contributed by atoms with Gasteiger partial charge in [0.15, 0.2) is 6.10 Å². The van der Waals surface area contributed by atoms with E-state index < -0.39 is 36.2 Å². The Morgan fingerprint density at radius 3 is 2.33 bits per heavy atom. The summed E-state index contributed by atoms with van der Waals surface area (Å²) in [5.74, 6) is -2.84. The van der Waals surface area contributed by atoms with Crippen LogP contribution in [0.1, 0.15) is 25.7 Å². The molecule has 7 heteroatoms. The van der Waals surface area contributed by atoms with Crippen molar-refractivity contribution in [1.82, 2.24) is 0 Å². The minimum atomic E-state index is -1.30. The molecule has 1 saturated heterocycles. The van der Waals surface area contributed by atoms with Gasteiger partial charge in [-0.15, -0.1) is 0 Å². The molecule has 0 aromatic carbocycles. The van der Waals surface area contributed by atoms with Gasteiger partial charge < -0.3 is 29.8 Å². The molecule has 4 unspecified atom stereocenters. The Kier molecular flexibility index (Phi) is 5.18. The Hall–Kier alpha value is -1.18. The summed E-state index contributed by atoms with van der Waals surface area (Å²) in [6.45, 7) is 1.70. The van der Waals surface area contributed by atoms with Crippen LogP contribution >= 0.6 is 0 Å². The fraction of sp³-hybridized carbons (Fsp3) is 0.857. The van der Waals surface area contributed by atoms with Crippen LogP contribution in [-0.2, 0) is 14.3 Å². The first kappa shape index (κ1) is 16.2. The number of carboxylic acid groups (broad SMARTS) is 1. The minimum absolute atomic E-state index is 0.0623. The van der Waals surface area contributed by atoms with Crippen LogP contribution in [0.4, 0.5) is 0 Å². The van der Waals surface area contributed by atoms with Gasteiger partial charge in [0.05, 0.1) is 32.3 Å². The molecule has 21 heavy (non-hydrogen) atoms. The molecule has 1 aliphatic carbocycles. The molecule has 7 nitrogen and oxygen atoms in total. The second kappa shape index (κ2) is 6.72. The maximum absolute atomic E-state index is 12.1. The third-order valence-electron chi connectivity index (χ3n) is 4.48. The van der Waals surface area contributed by atoms with Crippen molar-refractivity contribution in [2.24, 2.45) is 11.8 Å². The minimum Gasteiger partial charge on any atom is -0.550 e. The molecule has 0 radical (unpaired) electrons. The maximum Gasteiger partial charge on any atom is 0.315 e. The normalized spacial score (nSPS) is 40.5. The van der Waals surface area contributed by atoms with E-state index in [0.717, 1.165) is 19.4 Å². The smallest absolute Gasteiger partial charge is 0.315 e. The summed E-state index contributed by atoms with van der Waals surface area (Å²) in [6, 6.07) is 0. The highest BCUT2D eigenvalue weighted by Gasteiger charge is 2.40. The molecule has 4 atom stereocenters. The molecule has 1 heterocycles. The van der Waals surface area contributed by atoms with Gasteiger partial charge in [-0.3, -0.25) is 4.79 Å². The number of rotatable bonds is 3. The molecule has 0 aromatic rings. The van der Waals surface area contributed by atoms with Gasteiger partial charge in [-0.2, -0.15) is 0 Å². The number of nitrogens with one attached hydrogen (secondary N) is 1. The number of carbonyl (C=O) groups is 2. The van der Waals surface area contributed by atoms with Crippen LogP contribution in [0.25, 0.3) is 0 Å². The zero-order chi connectivity index (χ0) is 15.6. The van der Waals surface area contributed by atoms with Crippen LogP contribution in [-0.4, -0.2) is 60.6 Å². The zero-order valence-electron chi connectivity index (χ0n) is 12.2. The number of esters is 1. The highest BCUT2D eigenvalue weighted by atomic mass is 16.6. The van der Waals surface area contributed by atoms with Crippen molar-refractivity contribution < 1.29 is 34.5 Å². The third-order valence-corrected chi connectivity index (χ3v) is 4.48. The zero-order valence-corrected chi connectivity index (χ0v) is 12.2. The van der Waals surface area contributed by atoms with E-state index in [1.54, 1.807) is 0 Å². The molecule has 3 N–H and O–H groups in total. The van der Waals surface area contributed by atoms with Crippen molar-refractivity contribution >= 4 is 11.9 Å². The Morgan fingerprint density at radius 2 is 1.81 bits per heavy atom. The predicted octanol–water partition coefficient (Wildman–Crippen LogP) is -3.30. The summed E-state index contributed by atoms with van der Waals surface area (Å²) in [7, 11) is 2.01. The first-order chi connectivity index (χ1) is 9.88. The van der Waals surface area contributed by atoms with E-state index in [9.17, 15) is 24.9 Å². The first-order valence-electron chi connectivity index (χ1n) is 7.47. The lowest BCUT2D eigenvalue weighted by Crippen LogP contribution is -3.10. The number of aliphatic hydroxyl groups is 2. The molecule has 120 valence electrons. The number of hydrogen-bond acceptors (Lipinski definition) is 6. The van der Waals surface area contributed by atoms with Crippen molar-refractivity contribution in [2.75, 3.05) is 20.1 Å². The van der Waals surface area contributed by atoms with Crippen molar-refractivity contribution in [3.63, 3.8) is 0 Å². The molecule has 0 spiro atoms. The first-order valence-corrected chi connectivity index (χ1v) is 7.47. The van der Waals surface area contributed by atoms with Crippen LogP contribution in [0, 0.1) is 11.8 Å². The number of quaternary nitrogens is 1. The van der Waals surface area contributed by atoms with Crippen molar-refractivity contribution in [3.05, 3.63) is 0 Å². The molecule has 2 rings (SSSR count). The number of piperidine rings is 1. The van der Waals surface area contributed by atoms with Gasteiger partial charge in [-0.1, -0.05) is 0 Å². The quantitative estimate of drug-likeness (QED) is 0.471. The molecule has 2 aliphatic rings. The van der Waals surface area contributed by atoms with Crippen LogP contribution in [0.15, 0.2) is 0 Å². The number of aliphatic carboxylic acids is 1. The van der Waals surface area contributed by atoms with Gasteiger partial charge in [0.2, 0.25) is 0 Å². The molecule has 0 bridgehead atoms. The van der Waals surface area contributed by atoms with E-state index in [1.165, 1.54) is 4.90 Å². The molecule has 1 saturated carbocycles. The van der Waals surface area contributed by atoms with Crippen LogP contribution < -0.4 is 10.0 Å². The number of aliphatic hydroxyl groups excluding tert-OH is 2. The van der Waals surface area contributed by atoms with Crippen molar-refractivity contribution in [3.8, 4) is 0 Å². The summed E-state index contributed by atoms with van der Waals surface area (Å²) >= 11 is 0. The Balaban J connectivity index is 1.92. The lowest BCUT2D eigenvalue weighted by atomic mass is 9.83. The number of carboxylic acids is 1. The SMILES string of the molecule is C[NH+]1CCCC(C(=O)OC2C(O)CC(C(=O)[O-])CC2O)C1. The second-order valence-corrected chi connectivity index (χ2v) is 6.27. The maximum atomic E-state index is 12.1. The van der Waals surface area contributed by atoms with Gasteiger partial charge in [0, 0.05) is 11.9 Å². The van der Waals surface area contributed by atoms with Crippen molar-refractivity contribution in [1.29, 1.82) is 0 Å². The Morgan fingerprint density at radius 1 is 1.19 bits per heavy atom. The lowest BCUT2D eigenvalue weighted by molar-refractivity contribution is -0.887. The second-order valence-electron chi connectivity index (χ2n) is 6.27. The topological polar surface area (TPSA) is 111 Å². The van der Waals surface area contributed by atoms with Gasteiger partial charge in [-0.05, 0) is 25.7 Å². The Labute approximate surface area is 123 Å². The van der Waals surface area contributed by atoms with Crippen LogP contribution in [0.3, 0.4) is 0 Å². The van der Waals surface area contributed by atoms with E-state index >= 15 is 0 Å². The average molecular weight is 301 g/mol. The average Bonchev–Trinajstić information content (AvgIpc) is 2.42. The summed E-state index contributed by atoms with van der Waals surface area (Å²) < 4.78 is 5.27. The number of hydrogen-bond donors (Lipinski definition) is 3. The fourth-order valence-electron chi connectivity index (χ4n) is 3.26. The van der Waals surface area contributed by atoms with Gasteiger partial charge in [0.1, 0.15) is 5.92 Å². The molecule has 0 amide bonds. The molecular formula is C14H23NO6. The van der Waals surface area contributed by atoms with Gasteiger partial charge >= 0.3 is 5.97 Å². The standard InChI is InChI=1S/C14H23NO6/c1-15-4-2-3-8(7-15)14(20)21-12-10(16)5-9(13(18)19)6-11(12)17/h8-12,16-17H,2-7H2,1H3,(H,18,19). The third kappa shape index (κ3) is 3.93. The van der Waals surface area contributed by atoms with Gasteiger partial charge in [0.25, 0.3) is 0 Å². The summed E-state index contributed by atoms with van der Waals surface area (Å²) in [5.41, 5.74) is 0. The number of likely N-dealkylation sites (tertiary alicyclic amines) is 1. The molecular weight excluding hydrogens is 278 g/mol. The van der Waals surface area contributed by atoms with E-state index in [-0.39, 0.29) is 18.8 Å². The monoisotopic (exact) mass is 301 g/mol. The van der Waals surface area contributed by atoms with E-state index in [2.05, 4.69) is 0 Å². The predicted molar refractivity (Wildman–Crippen MR) is 69.0 cm³/mol. The van der Waals surface area contributed by atoms with Crippen LogP contribution in [0.5, 0.6) is 0 Å². The van der Waals surface area contributed by atoms with Crippen LogP contribution in [0.2, 0.25) is 0 Å². The summed E-state index contributed by atoms with van der Waals surface area (Å²) in [4.78, 5) is 24.2. The largest absolute Gasteiger partial charge is 0.550 e. The van der Waals surface area contributed by atoms with E-state index in [0.29, 0.717) is 6.54 Å². The van der Waals surface area contributed by atoms with E-state index in [4.69, 9.17) is 4.74 Å². The number of ether oxygens (including phenoxy) is 1. The van der Waals surface area contributed by atoms with Gasteiger partial charge in [-0.25, -0.2) is 0 Å². The van der Waals surface area contributed by atoms with E-state index in [1.807, 2.05) is 7.05 Å².